The SMILES string of the molecule is C#Cc1cccc(/C(=C/C(C)CCN2CCOCC2)CC#CC)c1.CC.CC1=CC(=O)Cc2ccccc21. The van der Waals surface area contributed by atoms with Crippen LogP contribution in [0.25, 0.3) is 11.1 Å². The number of terminal acetylenes is 1. The second kappa shape index (κ2) is 17.2. The van der Waals surface area contributed by atoms with Crippen molar-refractivity contribution in [3.63, 3.8) is 0 Å². The Labute approximate surface area is 231 Å². The number of hydrogen-bond acceptors (Lipinski definition) is 3. The number of ketones is 1. The predicted octanol–water partition coefficient (Wildman–Crippen LogP) is 7.06. The molecule has 0 amide bonds. The fourth-order valence-electron chi connectivity index (χ4n) is 4.50. The van der Waals surface area contributed by atoms with Gasteiger partial charge in [0.15, 0.2) is 5.78 Å². The van der Waals surface area contributed by atoms with Crippen LogP contribution in [0.3, 0.4) is 0 Å². The minimum absolute atomic E-state index is 0.214. The standard InChI is InChI=1S/C22H27NO.C11H10O.C2H6/c1-4-6-9-21(22-10-7-8-20(5-2)18-22)17-19(3)11-12-23-13-15-24-16-14-23;1-8-6-10(12)7-9-4-2-3-5-11(8)9;1-2/h2,7-8,10,17-19H,9,11-16H2,1,3H3;2-6H,7H2,1H3;1-2H3/b21-17+;;. The van der Waals surface area contributed by atoms with Crippen LogP contribution < -0.4 is 0 Å². The lowest BCUT2D eigenvalue weighted by atomic mass is 9.91. The molecule has 0 saturated carbocycles. The fraction of sp³-hybridized carbons (Fsp3) is 0.400. The lowest BCUT2D eigenvalue weighted by Crippen LogP contribution is -2.37. The molecule has 2 aliphatic rings. The molecule has 1 atom stereocenters. The second-order valence-electron chi connectivity index (χ2n) is 9.37. The molecule has 1 aliphatic heterocycles. The minimum Gasteiger partial charge on any atom is -0.379 e. The van der Waals surface area contributed by atoms with E-state index < -0.39 is 0 Å². The zero-order valence-corrected chi connectivity index (χ0v) is 23.8. The number of morpholine rings is 1. The average Bonchev–Trinajstić information content (AvgIpc) is 2.96. The fourth-order valence-corrected chi connectivity index (χ4v) is 4.50. The maximum Gasteiger partial charge on any atom is 0.160 e. The third-order valence-electron chi connectivity index (χ3n) is 6.53. The van der Waals surface area contributed by atoms with E-state index >= 15 is 0 Å². The van der Waals surface area contributed by atoms with Crippen molar-refractivity contribution in [2.75, 3.05) is 32.8 Å². The van der Waals surface area contributed by atoms with Crippen molar-refractivity contribution in [2.24, 2.45) is 5.92 Å². The molecule has 0 aromatic heterocycles. The topological polar surface area (TPSA) is 29.5 Å². The molecule has 1 fully saturated rings. The maximum absolute atomic E-state index is 11.2. The summed E-state index contributed by atoms with van der Waals surface area (Å²) in [6.45, 7) is 15.1. The Morgan fingerprint density at radius 1 is 1.13 bits per heavy atom. The highest BCUT2D eigenvalue weighted by molar-refractivity contribution is 6.01. The first-order valence-corrected chi connectivity index (χ1v) is 13.8. The van der Waals surface area contributed by atoms with E-state index in [0.29, 0.717) is 12.3 Å². The maximum atomic E-state index is 11.2. The highest BCUT2D eigenvalue weighted by Gasteiger charge is 2.13. The number of rotatable bonds is 6. The molecule has 0 radical (unpaired) electrons. The summed E-state index contributed by atoms with van der Waals surface area (Å²) in [4.78, 5) is 13.6. The van der Waals surface area contributed by atoms with E-state index in [1.165, 1.54) is 16.7 Å². The first kappa shape index (κ1) is 30.9. The first-order valence-electron chi connectivity index (χ1n) is 13.8. The third kappa shape index (κ3) is 10.2. The quantitative estimate of drug-likeness (QED) is 0.390. The summed E-state index contributed by atoms with van der Waals surface area (Å²) in [5.41, 5.74) is 6.84. The Hall–Kier alpha value is -3.37. The molecular weight excluding hydrogens is 466 g/mol. The van der Waals surface area contributed by atoms with Gasteiger partial charge in [0, 0.05) is 31.5 Å². The monoisotopic (exact) mass is 509 g/mol. The van der Waals surface area contributed by atoms with Gasteiger partial charge in [0.05, 0.1) is 13.2 Å². The van der Waals surface area contributed by atoms with Crippen LogP contribution in [-0.4, -0.2) is 43.5 Å². The molecule has 3 heteroatoms. The van der Waals surface area contributed by atoms with Gasteiger partial charge >= 0.3 is 0 Å². The highest BCUT2D eigenvalue weighted by Crippen LogP contribution is 2.24. The summed E-state index contributed by atoms with van der Waals surface area (Å²) in [5.74, 6) is 9.64. The Balaban J connectivity index is 0.000000301. The van der Waals surface area contributed by atoms with Crippen LogP contribution in [0.15, 0.2) is 60.7 Å². The predicted molar refractivity (Wildman–Crippen MR) is 162 cm³/mol. The van der Waals surface area contributed by atoms with Crippen LogP contribution in [0.5, 0.6) is 0 Å². The van der Waals surface area contributed by atoms with Crippen molar-refractivity contribution < 1.29 is 9.53 Å². The molecule has 1 saturated heterocycles. The Morgan fingerprint density at radius 3 is 2.58 bits per heavy atom. The van der Waals surface area contributed by atoms with Gasteiger partial charge in [0.2, 0.25) is 0 Å². The molecule has 3 nitrogen and oxygen atoms in total. The van der Waals surface area contributed by atoms with Crippen molar-refractivity contribution in [2.45, 2.75) is 53.9 Å². The van der Waals surface area contributed by atoms with Gasteiger partial charge in [0.25, 0.3) is 0 Å². The Kier molecular flexibility index (Phi) is 14.0. The van der Waals surface area contributed by atoms with E-state index in [4.69, 9.17) is 11.2 Å². The van der Waals surface area contributed by atoms with Crippen molar-refractivity contribution >= 4 is 16.9 Å². The van der Waals surface area contributed by atoms with E-state index in [1.54, 1.807) is 6.08 Å². The molecule has 1 heterocycles. The number of benzene rings is 2. The van der Waals surface area contributed by atoms with E-state index in [-0.39, 0.29) is 5.78 Å². The minimum atomic E-state index is 0.214. The molecule has 1 aliphatic carbocycles. The van der Waals surface area contributed by atoms with Crippen LogP contribution in [0.2, 0.25) is 0 Å². The van der Waals surface area contributed by atoms with Crippen LogP contribution in [-0.2, 0) is 16.0 Å². The van der Waals surface area contributed by atoms with E-state index in [9.17, 15) is 4.79 Å². The van der Waals surface area contributed by atoms with E-state index in [2.05, 4.69) is 53.9 Å². The van der Waals surface area contributed by atoms with Gasteiger partial charge in [-0.05, 0) is 78.8 Å². The van der Waals surface area contributed by atoms with Crippen molar-refractivity contribution in [1.29, 1.82) is 0 Å². The normalized spacial score (nSPS) is 15.6. The molecule has 4 rings (SSSR count). The summed E-state index contributed by atoms with van der Waals surface area (Å²) in [6.07, 6.45) is 12.1. The van der Waals surface area contributed by atoms with E-state index in [0.717, 1.165) is 62.4 Å². The van der Waals surface area contributed by atoms with Gasteiger partial charge in [0.1, 0.15) is 0 Å². The van der Waals surface area contributed by atoms with E-state index in [1.807, 2.05) is 58.0 Å². The van der Waals surface area contributed by atoms with Gasteiger partial charge in [-0.1, -0.05) is 75.1 Å². The molecule has 0 bridgehead atoms. The summed E-state index contributed by atoms with van der Waals surface area (Å²) in [7, 11) is 0. The summed E-state index contributed by atoms with van der Waals surface area (Å²) in [5, 5.41) is 0. The number of allylic oxidation sites excluding steroid dienone is 4. The number of hydrogen-bond donors (Lipinski definition) is 0. The van der Waals surface area contributed by atoms with Gasteiger partial charge < -0.3 is 4.74 Å². The molecular formula is C35H43NO2. The van der Waals surface area contributed by atoms with Crippen LogP contribution in [0.1, 0.15) is 69.7 Å². The number of carbonyl (C=O) groups excluding carboxylic acids is 1. The van der Waals surface area contributed by atoms with Gasteiger partial charge in [-0.15, -0.1) is 12.3 Å². The molecule has 200 valence electrons. The highest BCUT2D eigenvalue weighted by atomic mass is 16.5. The summed E-state index contributed by atoms with van der Waals surface area (Å²) < 4.78 is 5.41. The summed E-state index contributed by atoms with van der Waals surface area (Å²) in [6, 6.07) is 16.3. The number of fused-ring (bicyclic) bond motifs is 1. The molecule has 0 N–H and O–H groups in total. The van der Waals surface area contributed by atoms with Crippen molar-refractivity contribution in [3.05, 3.63) is 82.9 Å². The lowest BCUT2D eigenvalue weighted by Gasteiger charge is -2.27. The zero-order valence-electron chi connectivity index (χ0n) is 23.8. The van der Waals surface area contributed by atoms with Crippen LogP contribution >= 0.6 is 0 Å². The molecule has 2 aromatic rings. The molecule has 0 spiro atoms. The number of nitrogens with zero attached hydrogens (tertiary/aromatic N) is 1. The largest absolute Gasteiger partial charge is 0.379 e. The Bertz CT molecular complexity index is 1200. The third-order valence-corrected chi connectivity index (χ3v) is 6.53. The van der Waals surface area contributed by atoms with Gasteiger partial charge in [-0.3, -0.25) is 9.69 Å². The molecule has 38 heavy (non-hydrogen) atoms. The average molecular weight is 510 g/mol. The van der Waals surface area contributed by atoms with Gasteiger partial charge in [-0.25, -0.2) is 0 Å². The molecule has 1 unspecified atom stereocenters. The lowest BCUT2D eigenvalue weighted by molar-refractivity contribution is -0.114. The van der Waals surface area contributed by atoms with Crippen LogP contribution in [0.4, 0.5) is 0 Å². The second-order valence-corrected chi connectivity index (χ2v) is 9.37. The smallest absolute Gasteiger partial charge is 0.160 e. The number of ether oxygens (including phenoxy) is 1. The molecule has 2 aromatic carbocycles. The van der Waals surface area contributed by atoms with Crippen molar-refractivity contribution in [3.8, 4) is 24.2 Å². The first-order chi connectivity index (χ1) is 18.5. The van der Waals surface area contributed by atoms with Crippen molar-refractivity contribution in [1.82, 2.24) is 4.90 Å². The number of carbonyl (C=O) groups is 1. The van der Waals surface area contributed by atoms with Gasteiger partial charge in [-0.2, -0.15) is 0 Å². The Morgan fingerprint density at radius 2 is 1.87 bits per heavy atom. The van der Waals surface area contributed by atoms with Crippen LogP contribution in [0, 0.1) is 30.1 Å². The zero-order chi connectivity index (χ0) is 27.8. The summed E-state index contributed by atoms with van der Waals surface area (Å²) >= 11 is 0.